The first kappa shape index (κ1) is 14.4. The molecule has 0 aliphatic heterocycles. The number of rotatable bonds is 7. The van der Waals surface area contributed by atoms with Crippen molar-refractivity contribution in [3.63, 3.8) is 0 Å². The summed E-state index contributed by atoms with van der Waals surface area (Å²) < 4.78 is 1.97. The van der Waals surface area contributed by atoms with E-state index in [1.54, 1.807) is 23.1 Å². The van der Waals surface area contributed by atoms with E-state index in [2.05, 4.69) is 10.3 Å². The van der Waals surface area contributed by atoms with E-state index in [4.69, 9.17) is 0 Å². The highest BCUT2D eigenvalue weighted by Crippen LogP contribution is 2.11. The Morgan fingerprint density at radius 1 is 1.68 bits per heavy atom. The molecule has 5 nitrogen and oxygen atoms in total. The molecule has 19 heavy (non-hydrogen) atoms. The number of hydrogen-bond donors (Lipinski definition) is 2. The van der Waals surface area contributed by atoms with Crippen LogP contribution < -0.4 is 5.32 Å². The summed E-state index contributed by atoms with van der Waals surface area (Å²) in [7, 11) is 0. The number of aliphatic hydroxyl groups excluding tert-OH is 1. The van der Waals surface area contributed by atoms with Crippen LogP contribution in [0, 0.1) is 0 Å². The maximum absolute atomic E-state index is 11.6. The molecule has 0 fully saturated rings. The van der Waals surface area contributed by atoms with Crippen LogP contribution in [0.2, 0.25) is 0 Å². The van der Waals surface area contributed by atoms with E-state index >= 15 is 0 Å². The zero-order valence-corrected chi connectivity index (χ0v) is 12.3. The fourth-order valence-corrected chi connectivity index (χ4v) is 2.87. The molecule has 7 heteroatoms. The number of amides is 1. The van der Waals surface area contributed by atoms with E-state index in [1.165, 1.54) is 0 Å². The number of nitrogens with zero attached hydrogens (tertiary/aromatic N) is 2. The molecular formula is C12H17N3O2S2. The number of carbonyl (C=O) groups is 1. The third-order valence-corrected chi connectivity index (χ3v) is 4.14. The maximum atomic E-state index is 11.6. The van der Waals surface area contributed by atoms with Gasteiger partial charge in [-0.2, -0.15) is 11.8 Å². The van der Waals surface area contributed by atoms with Crippen LogP contribution in [-0.4, -0.2) is 45.1 Å². The minimum Gasteiger partial charge on any atom is -0.383 e. The molecule has 2 aromatic rings. The molecule has 0 saturated carbocycles. The van der Waals surface area contributed by atoms with Gasteiger partial charge in [-0.05, 0) is 18.4 Å². The molecule has 0 aliphatic rings. The highest BCUT2D eigenvalue weighted by Gasteiger charge is 2.13. The summed E-state index contributed by atoms with van der Waals surface area (Å²) in [6.07, 6.45) is 6.14. The number of aromatic nitrogens is 2. The summed E-state index contributed by atoms with van der Waals surface area (Å²) in [6, 6.07) is 0. The van der Waals surface area contributed by atoms with Gasteiger partial charge in [0.05, 0.1) is 5.69 Å². The summed E-state index contributed by atoms with van der Waals surface area (Å²) in [5.74, 6) is 0.487. The predicted octanol–water partition coefficient (Wildman–Crippen LogP) is 1.17. The molecular weight excluding hydrogens is 282 g/mol. The van der Waals surface area contributed by atoms with Gasteiger partial charge in [-0.25, -0.2) is 4.98 Å². The van der Waals surface area contributed by atoms with Crippen molar-refractivity contribution in [2.45, 2.75) is 18.9 Å². The van der Waals surface area contributed by atoms with Crippen LogP contribution in [0.5, 0.6) is 0 Å². The summed E-state index contributed by atoms with van der Waals surface area (Å²) in [6.45, 7) is 0.500. The van der Waals surface area contributed by atoms with E-state index in [0.717, 1.165) is 16.4 Å². The molecule has 0 bridgehead atoms. The first-order valence-electron chi connectivity index (χ1n) is 6.06. The third kappa shape index (κ3) is 3.95. The van der Waals surface area contributed by atoms with E-state index in [1.807, 2.05) is 28.4 Å². The Morgan fingerprint density at radius 2 is 2.53 bits per heavy atom. The summed E-state index contributed by atoms with van der Waals surface area (Å²) in [4.78, 5) is 17.0. The van der Waals surface area contributed by atoms with Crippen molar-refractivity contribution < 1.29 is 9.90 Å². The van der Waals surface area contributed by atoms with Crippen LogP contribution in [0.1, 0.15) is 12.1 Å². The van der Waals surface area contributed by atoms with Crippen LogP contribution in [-0.2, 0) is 11.2 Å². The van der Waals surface area contributed by atoms with Crippen molar-refractivity contribution in [2.75, 3.05) is 18.6 Å². The first-order valence-corrected chi connectivity index (χ1v) is 8.34. The second-order valence-corrected chi connectivity index (χ2v) is 6.02. The molecule has 0 aromatic carbocycles. The van der Waals surface area contributed by atoms with Crippen LogP contribution in [0.25, 0.3) is 4.96 Å². The lowest BCUT2D eigenvalue weighted by atomic mass is 10.2. The average Bonchev–Trinajstić information content (AvgIpc) is 2.96. The number of thioether (sulfide) groups is 1. The number of imidazole rings is 1. The number of fused-ring (bicyclic) bond motifs is 1. The van der Waals surface area contributed by atoms with Crippen molar-refractivity contribution in [2.24, 2.45) is 0 Å². The number of carbonyl (C=O) groups excluding carboxylic acids is 1. The fraction of sp³-hybridized carbons (Fsp3) is 0.500. The Hall–Kier alpha value is -1.05. The van der Waals surface area contributed by atoms with Gasteiger partial charge >= 0.3 is 0 Å². The fourth-order valence-electron chi connectivity index (χ4n) is 1.69. The Bertz CT molecular complexity index is 509. The van der Waals surface area contributed by atoms with Gasteiger partial charge in [-0.1, -0.05) is 0 Å². The first-order chi connectivity index (χ1) is 9.20. The second-order valence-electron chi connectivity index (χ2n) is 4.16. The van der Waals surface area contributed by atoms with Crippen molar-refractivity contribution in [1.29, 1.82) is 0 Å². The minimum absolute atomic E-state index is 0.296. The normalized spacial score (nSPS) is 12.7. The minimum atomic E-state index is -0.905. The van der Waals surface area contributed by atoms with E-state index in [0.29, 0.717) is 19.4 Å². The van der Waals surface area contributed by atoms with Gasteiger partial charge in [0.1, 0.15) is 6.10 Å². The molecule has 0 saturated heterocycles. The smallest absolute Gasteiger partial charge is 0.248 e. The number of hydrogen-bond acceptors (Lipinski definition) is 5. The second kappa shape index (κ2) is 6.93. The zero-order valence-electron chi connectivity index (χ0n) is 10.7. The predicted molar refractivity (Wildman–Crippen MR) is 78.8 cm³/mol. The van der Waals surface area contributed by atoms with E-state index in [-0.39, 0.29) is 5.91 Å². The Morgan fingerprint density at radius 3 is 3.26 bits per heavy atom. The van der Waals surface area contributed by atoms with Crippen LogP contribution in [0.15, 0.2) is 17.8 Å². The molecule has 2 heterocycles. The lowest BCUT2D eigenvalue weighted by molar-refractivity contribution is -0.129. The maximum Gasteiger partial charge on any atom is 0.248 e. The standard InChI is InChI=1S/C12H17N3O2S2/c1-18-6-3-10(16)11(17)13-4-2-9-8-15-5-7-19-12(15)14-9/h5,7-8,10,16H,2-4,6H2,1H3,(H,13,17). The zero-order chi connectivity index (χ0) is 13.7. The molecule has 2 rings (SSSR count). The number of nitrogens with one attached hydrogen (secondary N) is 1. The highest BCUT2D eigenvalue weighted by molar-refractivity contribution is 7.98. The molecule has 1 atom stereocenters. The monoisotopic (exact) mass is 299 g/mol. The molecule has 0 radical (unpaired) electrons. The number of aliphatic hydroxyl groups is 1. The van der Waals surface area contributed by atoms with Crippen molar-refractivity contribution >= 4 is 34.0 Å². The molecule has 0 spiro atoms. The molecule has 0 aliphatic carbocycles. The molecule has 2 N–H and O–H groups in total. The molecule has 1 unspecified atom stereocenters. The van der Waals surface area contributed by atoms with E-state index in [9.17, 15) is 9.90 Å². The Labute approximate surface area is 120 Å². The van der Waals surface area contributed by atoms with Crippen LogP contribution in [0.4, 0.5) is 0 Å². The lowest BCUT2D eigenvalue weighted by Gasteiger charge is -2.09. The van der Waals surface area contributed by atoms with Crippen molar-refractivity contribution in [1.82, 2.24) is 14.7 Å². The Balaban J connectivity index is 1.74. The van der Waals surface area contributed by atoms with E-state index < -0.39 is 6.10 Å². The quantitative estimate of drug-likeness (QED) is 0.805. The number of thiazole rings is 1. The largest absolute Gasteiger partial charge is 0.383 e. The summed E-state index contributed by atoms with van der Waals surface area (Å²) >= 11 is 3.20. The van der Waals surface area contributed by atoms with Gasteiger partial charge in [-0.3, -0.25) is 9.20 Å². The van der Waals surface area contributed by atoms with Crippen molar-refractivity contribution in [3.8, 4) is 0 Å². The van der Waals surface area contributed by atoms with Gasteiger partial charge in [0.25, 0.3) is 0 Å². The van der Waals surface area contributed by atoms with Crippen molar-refractivity contribution in [3.05, 3.63) is 23.5 Å². The van der Waals surface area contributed by atoms with Gasteiger partial charge in [0.2, 0.25) is 5.91 Å². The van der Waals surface area contributed by atoms with Crippen LogP contribution >= 0.6 is 23.1 Å². The highest BCUT2D eigenvalue weighted by atomic mass is 32.2. The molecule has 2 aromatic heterocycles. The average molecular weight is 299 g/mol. The van der Waals surface area contributed by atoms with Crippen LogP contribution in [0.3, 0.4) is 0 Å². The summed E-state index contributed by atoms with van der Waals surface area (Å²) in [5, 5.41) is 14.3. The van der Waals surface area contributed by atoms with Gasteiger partial charge in [-0.15, -0.1) is 11.3 Å². The summed E-state index contributed by atoms with van der Waals surface area (Å²) in [5.41, 5.74) is 0.950. The Kier molecular flexibility index (Phi) is 5.24. The molecule has 1 amide bonds. The lowest BCUT2D eigenvalue weighted by Crippen LogP contribution is -2.36. The van der Waals surface area contributed by atoms with Gasteiger partial charge in [0, 0.05) is 30.7 Å². The molecule has 104 valence electrons. The van der Waals surface area contributed by atoms with Gasteiger partial charge in [0.15, 0.2) is 4.96 Å². The topological polar surface area (TPSA) is 66.6 Å². The van der Waals surface area contributed by atoms with Gasteiger partial charge < -0.3 is 10.4 Å². The SMILES string of the molecule is CSCCC(O)C(=O)NCCc1cn2ccsc2n1. The third-order valence-electron chi connectivity index (χ3n) is 2.72.